The van der Waals surface area contributed by atoms with E-state index in [0.717, 1.165) is 40.9 Å². The molecule has 7 heteroatoms. The summed E-state index contributed by atoms with van der Waals surface area (Å²) in [5.74, 6) is -0.301. The number of aromatic nitrogens is 1. The number of benzene rings is 2. The Balaban J connectivity index is 1.70. The zero-order chi connectivity index (χ0) is 23.0. The molecule has 32 heavy (non-hydrogen) atoms. The lowest BCUT2D eigenvalue weighted by Gasteiger charge is -2.36. The molecule has 3 N–H and O–H groups in total. The van der Waals surface area contributed by atoms with Crippen molar-refractivity contribution in [2.45, 2.75) is 39.7 Å². The number of rotatable bonds is 3. The summed E-state index contributed by atoms with van der Waals surface area (Å²) in [7, 11) is 0. The Morgan fingerprint density at radius 2 is 1.88 bits per heavy atom. The molecule has 0 aliphatic carbocycles. The number of nitrogens with one attached hydrogen (secondary N) is 1. The maximum atomic E-state index is 13.3. The SMILES string of the molecule is CC(=O)Nc1ccc(-c2ccc3c(c2)CC[C@H](C)N3C(=O)c2ccc(O)cc2O)c(C)n1. The van der Waals surface area contributed by atoms with Crippen LogP contribution in [0, 0.1) is 6.92 Å². The average Bonchev–Trinajstić information content (AvgIpc) is 2.72. The van der Waals surface area contributed by atoms with E-state index in [2.05, 4.69) is 16.4 Å². The number of amides is 2. The van der Waals surface area contributed by atoms with Gasteiger partial charge >= 0.3 is 0 Å². The van der Waals surface area contributed by atoms with Gasteiger partial charge in [-0.1, -0.05) is 6.07 Å². The minimum atomic E-state index is -0.304. The molecule has 3 aromatic rings. The second-order valence-corrected chi connectivity index (χ2v) is 8.12. The molecule has 2 aromatic carbocycles. The maximum Gasteiger partial charge on any atom is 0.262 e. The fourth-order valence-corrected chi connectivity index (χ4v) is 4.18. The van der Waals surface area contributed by atoms with Crippen molar-refractivity contribution in [3.05, 3.63) is 65.4 Å². The second kappa shape index (κ2) is 8.34. The van der Waals surface area contributed by atoms with E-state index >= 15 is 0 Å². The van der Waals surface area contributed by atoms with Crippen LogP contribution in [0.1, 0.15) is 41.9 Å². The number of carbonyl (C=O) groups excluding carboxylic acids is 2. The fraction of sp³-hybridized carbons (Fsp3) is 0.240. The van der Waals surface area contributed by atoms with Gasteiger partial charge in [0.15, 0.2) is 0 Å². The summed E-state index contributed by atoms with van der Waals surface area (Å²) in [5, 5.41) is 22.4. The molecule has 0 fully saturated rings. The molecule has 4 rings (SSSR count). The van der Waals surface area contributed by atoms with Crippen LogP contribution >= 0.6 is 0 Å². The van der Waals surface area contributed by atoms with Crippen molar-refractivity contribution in [3.63, 3.8) is 0 Å². The van der Waals surface area contributed by atoms with Crippen LogP contribution in [0.2, 0.25) is 0 Å². The average molecular weight is 431 g/mol. The van der Waals surface area contributed by atoms with Crippen molar-refractivity contribution in [1.29, 1.82) is 0 Å². The van der Waals surface area contributed by atoms with Gasteiger partial charge in [0.25, 0.3) is 5.91 Å². The highest BCUT2D eigenvalue weighted by atomic mass is 16.3. The third-order valence-electron chi connectivity index (χ3n) is 5.74. The molecule has 7 nitrogen and oxygen atoms in total. The molecule has 1 aliphatic heterocycles. The smallest absolute Gasteiger partial charge is 0.262 e. The van der Waals surface area contributed by atoms with E-state index < -0.39 is 0 Å². The summed E-state index contributed by atoms with van der Waals surface area (Å²) < 4.78 is 0. The van der Waals surface area contributed by atoms with Crippen LogP contribution in [-0.4, -0.2) is 33.1 Å². The maximum absolute atomic E-state index is 13.3. The van der Waals surface area contributed by atoms with Crippen LogP contribution in [0.5, 0.6) is 11.5 Å². The lowest BCUT2D eigenvalue weighted by atomic mass is 9.92. The number of hydrogen-bond acceptors (Lipinski definition) is 5. The number of fused-ring (bicyclic) bond motifs is 1. The summed E-state index contributed by atoms with van der Waals surface area (Å²) in [5.41, 5.74) is 4.73. The molecule has 0 saturated heterocycles. The molecule has 0 saturated carbocycles. The first-order valence-corrected chi connectivity index (χ1v) is 10.5. The Morgan fingerprint density at radius 1 is 1.09 bits per heavy atom. The van der Waals surface area contributed by atoms with Gasteiger partial charge in [0.05, 0.1) is 5.56 Å². The van der Waals surface area contributed by atoms with Crippen molar-refractivity contribution in [2.24, 2.45) is 0 Å². The number of pyridine rings is 1. The monoisotopic (exact) mass is 431 g/mol. The minimum Gasteiger partial charge on any atom is -0.508 e. The molecule has 2 amide bonds. The highest BCUT2D eigenvalue weighted by Gasteiger charge is 2.30. The second-order valence-electron chi connectivity index (χ2n) is 8.12. The van der Waals surface area contributed by atoms with Crippen molar-refractivity contribution in [3.8, 4) is 22.6 Å². The van der Waals surface area contributed by atoms with E-state index in [1.807, 2.05) is 32.0 Å². The number of phenolic OH excluding ortho intramolecular Hbond substituents is 2. The largest absolute Gasteiger partial charge is 0.508 e. The summed E-state index contributed by atoms with van der Waals surface area (Å²) in [6, 6.07) is 13.6. The Morgan fingerprint density at radius 3 is 2.56 bits per heavy atom. The molecular formula is C25H25N3O4. The molecular weight excluding hydrogens is 406 g/mol. The van der Waals surface area contributed by atoms with Gasteiger partial charge in [0.1, 0.15) is 17.3 Å². The van der Waals surface area contributed by atoms with Gasteiger partial charge in [-0.25, -0.2) is 4.98 Å². The Hall–Kier alpha value is -3.87. The number of carbonyl (C=O) groups is 2. The summed E-state index contributed by atoms with van der Waals surface area (Å²) in [6.07, 6.45) is 1.62. The summed E-state index contributed by atoms with van der Waals surface area (Å²) >= 11 is 0. The molecule has 1 aromatic heterocycles. The predicted octanol–water partition coefficient (Wildman–Crippen LogP) is 4.41. The Bertz CT molecular complexity index is 1220. The number of nitrogens with zero attached hydrogens (tertiary/aromatic N) is 2. The van der Waals surface area contributed by atoms with E-state index in [0.29, 0.717) is 5.82 Å². The van der Waals surface area contributed by atoms with E-state index in [9.17, 15) is 19.8 Å². The standard InChI is InChI=1S/C25H25N3O4/c1-14-4-5-18-12-17(20-9-11-24(26-15(20)2)27-16(3)29)6-10-22(18)28(14)25(32)21-8-7-19(30)13-23(21)31/h6-14,30-31H,4-5H2,1-3H3,(H,26,27,29)/t14-/m0/s1. The number of anilines is 2. The van der Waals surface area contributed by atoms with E-state index in [1.165, 1.54) is 25.1 Å². The summed E-state index contributed by atoms with van der Waals surface area (Å²) in [6.45, 7) is 5.33. The van der Waals surface area contributed by atoms with Gasteiger partial charge in [0.2, 0.25) is 5.91 Å². The first kappa shape index (κ1) is 21.4. The molecule has 0 bridgehead atoms. The predicted molar refractivity (Wildman–Crippen MR) is 123 cm³/mol. The number of phenols is 2. The minimum absolute atomic E-state index is 0.0330. The Labute approximate surface area is 186 Å². The zero-order valence-corrected chi connectivity index (χ0v) is 18.2. The number of aromatic hydroxyl groups is 2. The first-order valence-electron chi connectivity index (χ1n) is 10.5. The van der Waals surface area contributed by atoms with E-state index in [-0.39, 0.29) is 34.9 Å². The van der Waals surface area contributed by atoms with Crippen LogP contribution in [0.15, 0.2) is 48.5 Å². The quantitative estimate of drug-likeness (QED) is 0.570. The highest BCUT2D eigenvalue weighted by Crippen LogP contribution is 2.37. The lowest BCUT2D eigenvalue weighted by Crippen LogP contribution is -2.42. The van der Waals surface area contributed by atoms with Crippen molar-refractivity contribution < 1.29 is 19.8 Å². The van der Waals surface area contributed by atoms with Gasteiger partial charge in [-0.2, -0.15) is 0 Å². The highest BCUT2D eigenvalue weighted by molar-refractivity contribution is 6.09. The summed E-state index contributed by atoms with van der Waals surface area (Å²) in [4.78, 5) is 30.7. The first-order chi connectivity index (χ1) is 15.2. The topological polar surface area (TPSA) is 103 Å². The van der Waals surface area contributed by atoms with Crippen molar-refractivity contribution >= 4 is 23.3 Å². The third kappa shape index (κ3) is 4.01. The van der Waals surface area contributed by atoms with Gasteiger partial charge in [-0.15, -0.1) is 0 Å². The van der Waals surface area contributed by atoms with Gasteiger partial charge in [0, 0.05) is 36.0 Å². The van der Waals surface area contributed by atoms with Gasteiger partial charge in [-0.3, -0.25) is 9.59 Å². The van der Waals surface area contributed by atoms with Crippen LogP contribution in [0.3, 0.4) is 0 Å². The zero-order valence-electron chi connectivity index (χ0n) is 18.2. The normalized spacial score (nSPS) is 15.2. The van der Waals surface area contributed by atoms with E-state index in [1.54, 1.807) is 11.0 Å². The molecule has 0 unspecified atom stereocenters. The van der Waals surface area contributed by atoms with Gasteiger partial charge < -0.3 is 20.4 Å². The number of aryl methyl sites for hydroxylation is 2. The molecule has 164 valence electrons. The fourth-order valence-electron chi connectivity index (χ4n) is 4.18. The van der Waals surface area contributed by atoms with Crippen LogP contribution in [-0.2, 0) is 11.2 Å². The molecule has 0 spiro atoms. The number of hydrogen-bond donors (Lipinski definition) is 3. The van der Waals surface area contributed by atoms with Gasteiger partial charge in [-0.05, 0) is 74.2 Å². The molecule has 2 heterocycles. The Kier molecular flexibility index (Phi) is 5.57. The van der Waals surface area contributed by atoms with Crippen LogP contribution < -0.4 is 10.2 Å². The van der Waals surface area contributed by atoms with E-state index in [4.69, 9.17) is 0 Å². The third-order valence-corrected chi connectivity index (χ3v) is 5.74. The van der Waals surface area contributed by atoms with Crippen molar-refractivity contribution in [1.82, 2.24) is 4.98 Å². The lowest BCUT2D eigenvalue weighted by molar-refractivity contribution is -0.114. The van der Waals surface area contributed by atoms with Crippen LogP contribution in [0.25, 0.3) is 11.1 Å². The molecule has 1 atom stereocenters. The molecule has 0 radical (unpaired) electrons. The van der Waals surface area contributed by atoms with Crippen molar-refractivity contribution in [2.75, 3.05) is 10.2 Å². The van der Waals surface area contributed by atoms with Crippen LogP contribution in [0.4, 0.5) is 11.5 Å². The molecule has 1 aliphatic rings.